The molecule has 0 fully saturated rings. The Balaban J connectivity index is 2.44. The van der Waals surface area contributed by atoms with Gasteiger partial charge in [0.2, 0.25) is 5.91 Å². The molecule has 0 aromatic heterocycles. The van der Waals surface area contributed by atoms with E-state index in [1.807, 2.05) is 5.32 Å². The number of benzene rings is 2. The quantitative estimate of drug-likeness (QED) is 0.216. The topological polar surface area (TPSA) is 61.4 Å². The minimum absolute atomic E-state index is 0.193. The second kappa shape index (κ2) is 13.7. The molecule has 232 valence electrons. The fourth-order valence-corrected chi connectivity index (χ4v) is 4.19. The largest absolute Gasteiger partial charge is 0.417 e. The van der Waals surface area contributed by atoms with Gasteiger partial charge in [-0.05, 0) is 49.5 Å². The molecule has 42 heavy (non-hydrogen) atoms. The molecule has 0 heterocycles. The minimum atomic E-state index is -5.19. The highest BCUT2D eigenvalue weighted by Gasteiger charge is 2.40. The number of hydrogen-bond acceptors (Lipinski definition) is 3. The van der Waals surface area contributed by atoms with E-state index in [0.29, 0.717) is 18.2 Å². The van der Waals surface area contributed by atoms with Crippen molar-refractivity contribution in [2.45, 2.75) is 30.5 Å². The van der Waals surface area contributed by atoms with Gasteiger partial charge in [-0.25, -0.2) is 0 Å². The van der Waals surface area contributed by atoms with E-state index >= 15 is 0 Å². The van der Waals surface area contributed by atoms with Crippen LogP contribution in [0.5, 0.6) is 0 Å². The third kappa shape index (κ3) is 10.2. The van der Waals surface area contributed by atoms with Gasteiger partial charge in [0.05, 0.1) is 32.1 Å². The summed E-state index contributed by atoms with van der Waals surface area (Å²) in [6.07, 6.45) is -13.6. The number of hydrogen-bond donors (Lipinski definition) is 2. The van der Waals surface area contributed by atoms with Gasteiger partial charge in [-0.3, -0.25) is 9.59 Å². The van der Waals surface area contributed by atoms with Crippen molar-refractivity contribution in [2.75, 3.05) is 27.2 Å². The Morgan fingerprint density at radius 3 is 1.98 bits per heavy atom. The third-order valence-electron chi connectivity index (χ3n) is 5.43. The van der Waals surface area contributed by atoms with Crippen LogP contribution >= 0.6 is 34.8 Å². The second-order valence-electron chi connectivity index (χ2n) is 9.10. The van der Waals surface area contributed by atoms with Crippen LogP contribution in [-0.4, -0.2) is 62.3 Å². The lowest BCUT2D eigenvalue weighted by atomic mass is 9.96. The van der Waals surface area contributed by atoms with Gasteiger partial charge in [0, 0.05) is 6.54 Å². The lowest BCUT2D eigenvalue weighted by Crippen LogP contribution is -2.53. The number of likely N-dealkylation sites (N-methyl/N-ethyl adjacent to an activating group) is 1. The van der Waals surface area contributed by atoms with Crippen LogP contribution in [-0.2, 0) is 11.0 Å². The summed E-state index contributed by atoms with van der Waals surface area (Å²) in [4.78, 5) is 26.3. The molecule has 17 heteroatoms. The van der Waals surface area contributed by atoms with Crippen LogP contribution in [0.15, 0.2) is 36.4 Å². The molecule has 0 saturated heterocycles. The van der Waals surface area contributed by atoms with E-state index in [4.69, 9.17) is 34.8 Å². The molecule has 2 unspecified atom stereocenters. The molecule has 0 spiro atoms. The maximum atomic E-state index is 13.9. The van der Waals surface area contributed by atoms with Gasteiger partial charge < -0.3 is 15.5 Å². The highest BCUT2D eigenvalue weighted by atomic mass is 35.5. The molecule has 2 amide bonds. The fraction of sp³-hybridized carbons (Fsp3) is 0.360. The van der Waals surface area contributed by atoms with Crippen molar-refractivity contribution in [3.05, 3.63) is 73.7 Å². The highest BCUT2D eigenvalue weighted by Crippen LogP contribution is 2.41. The molecule has 2 rings (SSSR count). The van der Waals surface area contributed by atoms with E-state index in [0.717, 1.165) is 24.3 Å². The number of carbonyl (C=O) groups excluding carboxylic acids is 2. The van der Waals surface area contributed by atoms with E-state index in [-0.39, 0.29) is 27.2 Å². The molecule has 0 aliphatic carbocycles. The van der Waals surface area contributed by atoms with Gasteiger partial charge >= 0.3 is 18.5 Å². The Bertz CT molecular complexity index is 1300. The monoisotopic (exact) mass is 671 g/mol. The first-order chi connectivity index (χ1) is 19.1. The molecule has 0 radical (unpaired) electrons. The zero-order valence-corrected chi connectivity index (χ0v) is 23.7. The molecule has 0 aliphatic rings. The van der Waals surface area contributed by atoms with Crippen LogP contribution < -0.4 is 10.6 Å². The first-order valence-corrected chi connectivity index (χ1v) is 12.6. The summed E-state index contributed by atoms with van der Waals surface area (Å²) in [5, 5.41) is 2.77. The normalized spacial score (nSPS) is 14.3. The number of nitrogens with zero attached hydrogens (tertiary/aromatic N) is 1. The predicted molar refractivity (Wildman–Crippen MR) is 140 cm³/mol. The number of carbonyl (C=O) groups is 2. The van der Waals surface area contributed by atoms with Gasteiger partial charge in [-0.2, -0.15) is 39.5 Å². The van der Waals surface area contributed by atoms with E-state index in [1.165, 1.54) is 19.0 Å². The van der Waals surface area contributed by atoms with E-state index in [2.05, 4.69) is 0 Å². The number of nitrogens with one attached hydrogen (secondary N) is 2. The van der Waals surface area contributed by atoms with Crippen molar-refractivity contribution < 1.29 is 49.1 Å². The van der Waals surface area contributed by atoms with Crippen molar-refractivity contribution >= 4 is 52.7 Å². The van der Waals surface area contributed by atoms with Crippen molar-refractivity contribution in [1.82, 2.24) is 15.5 Å². The molecular weight excluding hydrogens is 652 g/mol. The Morgan fingerprint density at radius 2 is 1.50 bits per heavy atom. The summed E-state index contributed by atoms with van der Waals surface area (Å²) in [7, 11) is 2.80. The van der Waals surface area contributed by atoms with E-state index in [9.17, 15) is 49.1 Å². The van der Waals surface area contributed by atoms with E-state index in [1.54, 1.807) is 5.32 Å². The summed E-state index contributed by atoms with van der Waals surface area (Å²) in [5.74, 6) is -5.11. The summed E-state index contributed by atoms with van der Waals surface area (Å²) < 4.78 is 121. The van der Waals surface area contributed by atoms with Gasteiger partial charge in [0.15, 0.2) is 0 Å². The van der Waals surface area contributed by atoms with Crippen molar-refractivity contribution in [3.63, 3.8) is 0 Å². The van der Waals surface area contributed by atoms with Gasteiger partial charge in [-0.15, -0.1) is 0 Å². The molecule has 2 atom stereocenters. The molecule has 0 saturated carbocycles. The van der Waals surface area contributed by atoms with Crippen molar-refractivity contribution in [1.29, 1.82) is 0 Å². The summed E-state index contributed by atoms with van der Waals surface area (Å²) in [6.45, 7) is -2.11. The van der Waals surface area contributed by atoms with Gasteiger partial charge in [-0.1, -0.05) is 53.0 Å². The summed E-state index contributed by atoms with van der Waals surface area (Å²) >= 11 is 17.4. The van der Waals surface area contributed by atoms with Crippen LogP contribution in [0.4, 0.5) is 39.5 Å². The van der Waals surface area contributed by atoms with E-state index < -0.39 is 65.5 Å². The number of alkyl halides is 9. The highest BCUT2D eigenvalue weighted by molar-refractivity contribution is 6.48. The molecule has 2 N–H and O–H groups in total. The Kier molecular flexibility index (Phi) is 11.6. The minimum Gasteiger partial charge on any atom is -0.345 e. The maximum absolute atomic E-state index is 13.9. The van der Waals surface area contributed by atoms with Gasteiger partial charge in [0.25, 0.3) is 5.91 Å². The molecule has 0 aliphatic heterocycles. The van der Waals surface area contributed by atoms with Crippen LogP contribution in [0.3, 0.4) is 0 Å². The Labute approximate surface area is 248 Å². The zero-order valence-electron chi connectivity index (χ0n) is 21.4. The Hall–Kier alpha value is -2.68. The smallest absolute Gasteiger partial charge is 0.345 e. The van der Waals surface area contributed by atoms with Crippen molar-refractivity contribution in [2.24, 2.45) is 0 Å². The first kappa shape index (κ1) is 35.5. The standard InChI is InChI=1S/C25H21Cl3F9N3O2/c1-40(2)10-19(22(42)38-11-23(29,30)31)39-21(41)14-5-3-12(7-16(14)25(35,36)37)4-6-15(24(32,33)34)13-8-17(26)20(28)18(27)9-13/h3-9,15,19H,10-11H2,1-2H3,(H,38,42)(H,39,41)/b6-4+. The SMILES string of the molecule is CN(C)CC(NC(=O)c1ccc(/C=C/C(c2cc(Cl)c(Cl)c(Cl)c2)C(F)(F)F)cc1C(F)(F)F)C(=O)NCC(F)(F)F. The number of halogens is 12. The number of allylic oxidation sites excluding steroid dienone is 1. The van der Waals surface area contributed by atoms with Crippen LogP contribution in [0.25, 0.3) is 6.08 Å². The van der Waals surface area contributed by atoms with Crippen LogP contribution in [0.1, 0.15) is 33.0 Å². The predicted octanol–water partition coefficient (Wildman–Crippen LogP) is 7.36. The second-order valence-corrected chi connectivity index (χ2v) is 10.3. The molecular formula is C25H21Cl3F9N3O2. The number of amides is 2. The summed E-state index contributed by atoms with van der Waals surface area (Å²) in [5.41, 5.74) is -3.41. The number of rotatable bonds is 9. The lowest BCUT2D eigenvalue weighted by molar-refractivity contribution is -0.140. The van der Waals surface area contributed by atoms with Crippen LogP contribution in [0.2, 0.25) is 15.1 Å². The first-order valence-electron chi connectivity index (χ1n) is 11.5. The molecule has 2 aromatic rings. The lowest BCUT2D eigenvalue weighted by Gasteiger charge is -2.23. The zero-order chi connectivity index (χ0) is 32.2. The van der Waals surface area contributed by atoms with Crippen molar-refractivity contribution in [3.8, 4) is 0 Å². The average molecular weight is 673 g/mol. The summed E-state index contributed by atoms with van der Waals surface area (Å²) in [6, 6.07) is 2.12. The average Bonchev–Trinajstić information content (AvgIpc) is 2.83. The fourth-order valence-electron chi connectivity index (χ4n) is 3.58. The van der Waals surface area contributed by atoms with Gasteiger partial charge in [0.1, 0.15) is 12.6 Å². The molecule has 2 aromatic carbocycles. The van der Waals surface area contributed by atoms with Crippen LogP contribution in [0, 0.1) is 0 Å². The molecule has 5 nitrogen and oxygen atoms in total. The Morgan fingerprint density at radius 1 is 0.929 bits per heavy atom. The molecule has 0 bridgehead atoms. The maximum Gasteiger partial charge on any atom is 0.417 e. The third-order valence-corrected chi connectivity index (χ3v) is 6.62.